The summed E-state index contributed by atoms with van der Waals surface area (Å²) in [6.07, 6.45) is 6.66. The molecule has 0 radical (unpaired) electrons. The van der Waals surface area contributed by atoms with Crippen molar-refractivity contribution in [3.63, 3.8) is 0 Å². The molecule has 1 heteroatoms. The Balaban J connectivity index is 2.28. The summed E-state index contributed by atoms with van der Waals surface area (Å²) in [6.45, 7) is 6.38. The molecule has 1 nitrogen and oxygen atoms in total. The molecule has 0 saturated carbocycles. The van der Waals surface area contributed by atoms with Gasteiger partial charge in [-0.1, -0.05) is 42.5 Å². The zero-order valence-electron chi connectivity index (χ0n) is 8.57. The van der Waals surface area contributed by atoms with Gasteiger partial charge < -0.3 is 4.74 Å². The Morgan fingerprint density at radius 3 is 2.64 bits per heavy atom. The van der Waals surface area contributed by atoms with Crippen molar-refractivity contribution < 1.29 is 4.74 Å². The van der Waals surface area contributed by atoms with Crippen molar-refractivity contribution in [2.75, 3.05) is 6.61 Å². The van der Waals surface area contributed by atoms with Crippen molar-refractivity contribution >= 4 is 0 Å². The van der Waals surface area contributed by atoms with E-state index >= 15 is 0 Å². The zero-order chi connectivity index (χ0) is 10.2. The Bertz CT molecular complexity index is 296. The molecule has 0 N–H and O–H groups in total. The van der Waals surface area contributed by atoms with Crippen molar-refractivity contribution in [2.45, 2.75) is 13.3 Å². The predicted octanol–water partition coefficient (Wildman–Crippen LogP) is 3.51. The highest BCUT2D eigenvalue weighted by Gasteiger charge is 1.90. The second-order valence-corrected chi connectivity index (χ2v) is 3.11. The van der Waals surface area contributed by atoms with Gasteiger partial charge in [-0.05, 0) is 25.5 Å². The summed E-state index contributed by atoms with van der Waals surface area (Å²) in [5.41, 5.74) is 1.25. The van der Waals surface area contributed by atoms with Crippen LogP contribution in [0.4, 0.5) is 0 Å². The van der Waals surface area contributed by atoms with E-state index in [1.54, 1.807) is 6.08 Å². The molecular weight excluding hydrogens is 172 g/mol. The van der Waals surface area contributed by atoms with Gasteiger partial charge in [-0.2, -0.15) is 0 Å². The van der Waals surface area contributed by atoms with Crippen LogP contribution in [-0.2, 0) is 0 Å². The van der Waals surface area contributed by atoms with E-state index in [2.05, 4.69) is 25.6 Å². The van der Waals surface area contributed by atoms with Crippen molar-refractivity contribution in [2.24, 2.45) is 0 Å². The van der Waals surface area contributed by atoms with Crippen LogP contribution < -0.4 is 4.74 Å². The van der Waals surface area contributed by atoms with Crippen LogP contribution in [0.25, 0.3) is 0 Å². The molecule has 1 aromatic carbocycles. The van der Waals surface area contributed by atoms with Crippen LogP contribution in [0, 0.1) is 6.92 Å². The number of benzene rings is 1. The van der Waals surface area contributed by atoms with Crippen molar-refractivity contribution in [1.29, 1.82) is 0 Å². The first-order valence-corrected chi connectivity index (χ1v) is 4.80. The molecule has 0 heterocycles. The highest BCUT2D eigenvalue weighted by atomic mass is 16.5. The first-order valence-electron chi connectivity index (χ1n) is 4.80. The van der Waals surface area contributed by atoms with E-state index < -0.39 is 0 Å². The average Bonchev–Trinajstić information content (AvgIpc) is 2.21. The Morgan fingerprint density at radius 1 is 1.29 bits per heavy atom. The van der Waals surface area contributed by atoms with Crippen LogP contribution in [-0.4, -0.2) is 6.61 Å². The maximum atomic E-state index is 5.52. The first kappa shape index (κ1) is 10.6. The van der Waals surface area contributed by atoms with Gasteiger partial charge >= 0.3 is 0 Å². The third kappa shape index (κ3) is 3.94. The number of hydrogen-bond donors (Lipinski definition) is 0. The lowest BCUT2D eigenvalue weighted by Gasteiger charge is -2.03. The molecule has 0 aliphatic rings. The van der Waals surface area contributed by atoms with Gasteiger partial charge in [-0.3, -0.25) is 0 Å². The molecule has 0 amide bonds. The molecule has 0 fully saturated rings. The minimum Gasteiger partial charge on any atom is -0.493 e. The second kappa shape index (κ2) is 6.03. The van der Waals surface area contributed by atoms with E-state index in [1.165, 1.54) is 5.56 Å². The normalized spacial score (nSPS) is 10.4. The van der Waals surface area contributed by atoms with E-state index in [4.69, 9.17) is 4.74 Å². The van der Waals surface area contributed by atoms with Crippen LogP contribution in [0.15, 0.2) is 49.1 Å². The molecule has 0 aromatic heterocycles. The smallest absolute Gasteiger partial charge is 0.119 e. The fraction of sp³-hybridized carbons (Fsp3) is 0.231. The number of aryl methyl sites for hydroxylation is 1. The summed E-state index contributed by atoms with van der Waals surface area (Å²) in [6, 6.07) is 8.09. The minimum atomic E-state index is 0.716. The molecule has 0 aliphatic carbocycles. The SMILES string of the molecule is C=C/C=C/CCOc1ccc(C)cc1. The molecule has 0 spiro atoms. The molecule has 0 atom stereocenters. The summed E-state index contributed by atoms with van der Waals surface area (Å²) >= 11 is 0. The molecular formula is C13H16O. The summed E-state index contributed by atoms with van der Waals surface area (Å²) in [4.78, 5) is 0. The molecule has 74 valence electrons. The minimum absolute atomic E-state index is 0.716. The lowest BCUT2D eigenvalue weighted by molar-refractivity contribution is 0.325. The third-order valence-electron chi connectivity index (χ3n) is 1.85. The third-order valence-corrected chi connectivity index (χ3v) is 1.85. The van der Waals surface area contributed by atoms with Gasteiger partial charge in [0.15, 0.2) is 0 Å². The van der Waals surface area contributed by atoms with Crippen LogP contribution in [0.2, 0.25) is 0 Å². The van der Waals surface area contributed by atoms with Gasteiger partial charge in [0.25, 0.3) is 0 Å². The zero-order valence-corrected chi connectivity index (χ0v) is 8.57. The van der Waals surface area contributed by atoms with Crippen molar-refractivity contribution in [3.05, 3.63) is 54.6 Å². The molecule has 1 aromatic rings. The van der Waals surface area contributed by atoms with Gasteiger partial charge in [-0.15, -0.1) is 0 Å². The maximum Gasteiger partial charge on any atom is 0.119 e. The van der Waals surface area contributed by atoms with Crippen LogP contribution in [0.1, 0.15) is 12.0 Å². The Morgan fingerprint density at radius 2 is 2.00 bits per heavy atom. The topological polar surface area (TPSA) is 9.23 Å². The number of rotatable bonds is 5. The summed E-state index contributed by atoms with van der Waals surface area (Å²) < 4.78 is 5.52. The fourth-order valence-corrected chi connectivity index (χ4v) is 1.07. The second-order valence-electron chi connectivity index (χ2n) is 3.11. The van der Waals surface area contributed by atoms with Crippen molar-refractivity contribution in [3.8, 4) is 5.75 Å². The number of hydrogen-bond acceptors (Lipinski definition) is 1. The molecule has 1 rings (SSSR count). The highest BCUT2D eigenvalue weighted by Crippen LogP contribution is 2.11. The van der Waals surface area contributed by atoms with Gasteiger partial charge in [0, 0.05) is 0 Å². The van der Waals surface area contributed by atoms with E-state index in [-0.39, 0.29) is 0 Å². The lowest BCUT2D eigenvalue weighted by Crippen LogP contribution is -1.95. The van der Waals surface area contributed by atoms with Gasteiger partial charge in [0.2, 0.25) is 0 Å². The van der Waals surface area contributed by atoms with Crippen LogP contribution >= 0.6 is 0 Å². The van der Waals surface area contributed by atoms with E-state index in [9.17, 15) is 0 Å². The Labute approximate surface area is 85.7 Å². The number of ether oxygens (including phenoxy) is 1. The summed E-state index contributed by atoms with van der Waals surface area (Å²) in [5, 5.41) is 0. The molecule has 0 unspecified atom stereocenters. The highest BCUT2D eigenvalue weighted by molar-refractivity contribution is 5.26. The van der Waals surface area contributed by atoms with Crippen molar-refractivity contribution in [1.82, 2.24) is 0 Å². The van der Waals surface area contributed by atoms with Crippen LogP contribution in [0.5, 0.6) is 5.75 Å². The molecule has 14 heavy (non-hydrogen) atoms. The number of allylic oxidation sites excluding steroid dienone is 2. The quantitative estimate of drug-likeness (QED) is 0.507. The van der Waals surface area contributed by atoms with E-state index in [1.807, 2.05) is 24.3 Å². The monoisotopic (exact) mass is 188 g/mol. The van der Waals surface area contributed by atoms with Gasteiger partial charge in [0.05, 0.1) is 6.61 Å². The Hall–Kier alpha value is -1.50. The fourth-order valence-electron chi connectivity index (χ4n) is 1.07. The molecule has 0 aliphatic heterocycles. The summed E-state index contributed by atoms with van der Waals surface area (Å²) in [5.74, 6) is 0.933. The van der Waals surface area contributed by atoms with E-state index in [0.717, 1.165) is 12.2 Å². The largest absolute Gasteiger partial charge is 0.493 e. The van der Waals surface area contributed by atoms with E-state index in [0.29, 0.717) is 6.61 Å². The predicted molar refractivity (Wildman–Crippen MR) is 60.6 cm³/mol. The maximum absolute atomic E-state index is 5.52. The standard InChI is InChI=1S/C13H16O/c1-3-4-5-6-11-14-13-9-7-12(2)8-10-13/h3-5,7-10H,1,6,11H2,2H3/b5-4+. The van der Waals surface area contributed by atoms with Gasteiger partial charge in [0.1, 0.15) is 5.75 Å². The van der Waals surface area contributed by atoms with Gasteiger partial charge in [-0.25, -0.2) is 0 Å². The first-order chi connectivity index (χ1) is 6.83. The van der Waals surface area contributed by atoms with Crippen LogP contribution in [0.3, 0.4) is 0 Å². The molecule has 0 bridgehead atoms. The molecule has 0 saturated heterocycles. The Kier molecular flexibility index (Phi) is 4.56. The summed E-state index contributed by atoms with van der Waals surface area (Å²) in [7, 11) is 0. The average molecular weight is 188 g/mol. The lowest BCUT2D eigenvalue weighted by atomic mass is 10.2.